The molecule has 6 heteroatoms. The molecule has 0 saturated carbocycles. The molecule has 2 amide bonds. The second-order valence-electron chi connectivity index (χ2n) is 7.82. The number of hydrogen-bond acceptors (Lipinski definition) is 4. The van der Waals surface area contributed by atoms with Crippen LogP contribution in [0.1, 0.15) is 43.0 Å². The molecule has 0 radical (unpaired) electrons. The maximum atomic E-state index is 12.5. The molecule has 0 aliphatic carbocycles. The standard InChI is InChI=1S/C24H28N2O4/c1-16-9-11-19(12-10-16)14-25-23(28)18(3)30-24(29)21-13-22(27)26(15-21)17(2)20-7-5-4-6-8-20/h4-12,17-18,21H,13-15H2,1-3H3,(H,25,28)/t17-,18-,21-/m0/s1. The Morgan fingerprint density at radius 1 is 1.10 bits per heavy atom. The van der Waals surface area contributed by atoms with Gasteiger partial charge in [-0.05, 0) is 31.9 Å². The van der Waals surface area contributed by atoms with Crippen LogP contribution in [0.4, 0.5) is 0 Å². The van der Waals surface area contributed by atoms with Crippen molar-refractivity contribution in [1.82, 2.24) is 10.2 Å². The van der Waals surface area contributed by atoms with Crippen LogP contribution >= 0.6 is 0 Å². The van der Waals surface area contributed by atoms with Crippen LogP contribution in [0.15, 0.2) is 54.6 Å². The van der Waals surface area contributed by atoms with Crippen LogP contribution in [-0.2, 0) is 25.7 Å². The summed E-state index contributed by atoms with van der Waals surface area (Å²) in [6, 6.07) is 17.4. The lowest BCUT2D eigenvalue weighted by Crippen LogP contribution is -2.37. The molecule has 0 aromatic heterocycles. The average molecular weight is 408 g/mol. The highest BCUT2D eigenvalue weighted by Gasteiger charge is 2.38. The number of ether oxygens (including phenoxy) is 1. The summed E-state index contributed by atoms with van der Waals surface area (Å²) >= 11 is 0. The Kier molecular flexibility index (Phi) is 6.87. The molecule has 1 heterocycles. The fraction of sp³-hybridized carbons (Fsp3) is 0.375. The van der Waals surface area contributed by atoms with Crippen LogP contribution in [-0.4, -0.2) is 35.3 Å². The Morgan fingerprint density at radius 2 is 1.77 bits per heavy atom. The fourth-order valence-electron chi connectivity index (χ4n) is 3.54. The number of likely N-dealkylation sites (tertiary alicyclic amines) is 1. The van der Waals surface area contributed by atoms with Gasteiger partial charge in [0.05, 0.1) is 12.0 Å². The Hall–Kier alpha value is -3.15. The summed E-state index contributed by atoms with van der Waals surface area (Å²) < 4.78 is 5.36. The maximum Gasteiger partial charge on any atom is 0.312 e. The van der Waals surface area contributed by atoms with Gasteiger partial charge < -0.3 is 15.0 Å². The number of amides is 2. The van der Waals surface area contributed by atoms with Crippen LogP contribution < -0.4 is 5.32 Å². The third-order valence-electron chi connectivity index (χ3n) is 5.49. The van der Waals surface area contributed by atoms with Crippen molar-refractivity contribution in [3.8, 4) is 0 Å². The first-order chi connectivity index (χ1) is 14.3. The summed E-state index contributed by atoms with van der Waals surface area (Å²) in [6.07, 6.45) is -0.813. The fourth-order valence-corrected chi connectivity index (χ4v) is 3.54. The monoisotopic (exact) mass is 408 g/mol. The van der Waals surface area contributed by atoms with Crippen LogP contribution in [0.5, 0.6) is 0 Å². The highest BCUT2D eigenvalue weighted by Crippen LogP contribution is 2.29. The van der Waals surface area contributed by atoms with E-state index in [9.17, 15) is 14.4 Å². The Labute approximate surface area is 177 Å². The quantitative estimate of drug-likeness (QED) is 0.714. The Bertz CT molecular complexity index is 895. The molecule has 1 aliphatic rings. The highest BCUT2D eigenvalue weighted by atomic mass is 16.5. The largest absolute Gasteiger partial charge is 0.452 e. The van der Waals surface area contributed by atoms with E-state index in [1.54, 1.807) is 11.8 Å². The predicted octanol–water partition coefficient (Wildman–Crippen LogP) is 3.15. The van der Waals surface area contributed by atoms with E-state index < -0.39 is 18.0 Å². The molecule has 1 aliphatic heterocycles. The highest BCUT2D eigenvalue weighted by molar-refractivity contribution is 5.89. The van der Waals surface area contributed by atoms with Gasteiger partial charge in [-0.2, -0.15) is 0 Å². The molecule has 2 aromatic rings. The molecule has 1 fully saturated rings. The van der Waals surface area contributed by atoms with Gasteiger partial charge in [-0.1, -0.05) is 60.2 Å². The van der Waals surface area contributed by atoms with Gasteiger partial charge in [0.1, 0.15) is 0 Å². The van der Waals surface area contributed by atoms with Crippen molar-refractivity contribution < 1.29 is 19.1 Å². The summed E-state index contributed by atoms with van der Waals surface area (Å²) in [5.74, 6) is -1.51. The van der Waals surface area contributed by atoms with Gasteiger partial charge >= 0.3 is 5.97 Å². The van der Waals surface area contributed by atoms with Crippen molar-refractivity contribution in [2.45, 2.75) is 45.9 Å². The maximum absolute atomic E-state index is 12.5. The number of hydrogen-bond donors (Lipinski definition) is 1. The molecule has 158 valence electrons. The molecule has 2 aromatic carbocycles. The molecule has 3 rings (SSSR count). The lowest BCUT2D eigenvalue weighted by Gasteiger charge is -2.25. The zero-order valence-corrected chi connectivity index (χ0v) is 17.6. The zero-order valence-electron chi connectivity index (χ0n) is 17.6. The number of nitrogens with zero attached hydrogens (tertiary/aromatic N) is 1. The van der Waals surface area contributed by atoms with E-state index in [2.05, 4.69) is 5.32 Å². The first-order valence-corrected chi connectivity index (χ1v) is 10.2. The minimum atomic E-state index is -0.918. The van der Waals surface area contributed by atoms with Crippen molar-refractivity contribution in [2.75, 3.05) is 6.54 Å². The van der Waals surface area contributed by atoms with E-state index in [1.165, 1.54) is 0 Å². The minimum absolute atomic E-state index is 0.0789. The van der Waals surface area contributed by atoms with E-state index in [4.69, 9.17) is 4.74 Å². The molecule has 1 saturated heterocycles. The Balaban J connectivity index is 1.50. The van der Waals surface area contributed by atoms with Gasteiger partial charge in [0.15, 0.2) is 6.10 Å². The first-order valence-electron chi connectivity index (χ1n) is 10.2. The van der Waals surface area contributed by atoms with Crippen LogP contribution in [0, 0.1) is 12.8 Å². The van der Waals surface area contributed by atoms with Crippen LogP contribution in [0.3, 0.4) is 0 Å². The van der Waals surface area contributed by atoms with Gasteiger partial charge in [0, 0.05) is 19.5 Å². The predicted molar refractivity (Wildman–Crippen MR) is 113 cm³/mol. The molecule has 6 nitrogen and oxygen atoms in total. The van der Waals surface area contributed by atoms with Gasteiger partial charge in [-0.15, -0.1) is 0 Å². The molecule has 0 spiro atoms. The molecule has 3 atom stereocenters. The summed E-state index contributed by atoms with van der Waals surface area (Å²) in [7, 11) is 0. The molecule has 30 heavy (non-hydrogen) atoms. The summed E-state index contributed by atoms with van der Waals surface area (Å²) in [5, 5.41) is 2.78. The van der Waals surface area contributed by atoms with Crippen molar-refractivity contribution >= 4 is 17.8 Å². The normalized spacial score (nSPS) is 18.0. The number of aryl methyl sites for hydroxylation is 1. The van der Waals surface area contributed by atoms with Crippen molar-refractivity contribution in [3.63, 3.8) is 0 Å². The lowest BCUT2D eigenvalue weighted by molar-refractivity contribution is -0.158. The van der Waals surface area contributed by atoms with Crippen molar-refractivity contribution in [1.29, 1.82) is 0 Å². The Morgan fingerprint density at radius 3 is 2.43 bits per heavy atom. The SMILES string of the molecule is Cc1ccc(CNC(=O)[C@H](C)OC(=O)[C@H]2CC(=O)N([C@@H](C)c3ccccc3)C2)cc1. The third kappa shape index (κ3) is 5.26. The number of carbonyl (C=O) groups excluding carboxylic acids is 3. The summed E-state index contributed by atoms with van der Waals surface area (Å²) in [6.45, 7) is 6.15. The van der Waals surface area contributed by atoms with E-state index in [-0.39, 0.29) is 24.3 Å². The van der Waals surface area contributed by atoms with Gasteiger partial charge in [0.25, 0.3) is 5.91 Å². The number of nitrogens with one attached hydrogen (secondary N) is 1. The third-order valence-corrected chi connectivity index (χ3v) is 5.49. The van der Waals surface area contributed by atoms with Crippen molar-refractivity contribution in [3.05, 3.63) is 71.3 Å². The number of benzene rings is 2. The van der Waals surface area contributed by atoms with Gasteiger partial charge in [-0.3, -0.25) is 14.4 Å². The minimum Gasteiger partial charge on any atom is -0.452 e. The summed E-state index contributed by atoms with van der Waals surface area (Å²) in [5.41, 5.74) is 3.14. The second-order valence-corrected chi connectivity index (χ2v) is 7.82. The number of rotatable bonds is 7. The van der Waals surface area contributed by atoms with E-state index in [0.29, 0.717) is 13.1 Å². The number of esters is 1. The molecular formula is C24H28N2O4. The summed E-state index contributed by atoms with van der Waals surface area (Å²) in [4.78, 5) is 39.0. The second kappa shape index (κ2) is 9.57. The van der Waals surface area contributed by atoms with E-state index in [0.717, 1.165) is 16.7 Å². The first kappa shape index (κ1) is 21.6. The zero-order chi connectivity index (χ0) is 21.7. The van der Waals surface area contributed by atoms with Crippen molar-refractivity contribution in [2.24, 2.45) is 5.92 Å². The molecular weight excluding hydrogens is 380 g/mol. The topological polar surface area (TPSA) is 75.7 Å². The van der Waals surface area contributed by atoms with Gasteiger partial charge in [0.2, 0.25) is 5.91 Å². The van der Waals surface area contributed by atoms with E-state index in [1.807, 2.05) is 68.4 Å². The smallest absolute Gasteiger partial charge is 0.312 e. The molecule has 0 bridgehead atoms. The molecule has 0 unspecified atom stereocenters. The van der Waals surface area contributed by atoms with E-state index >= 15 is 0 Å². The lowest BCUT2D eigenvalue weighted by atomic mass is 10.1. The van der Waals surface area contributed by atoms with Gasteiger partial charge in [-0.25, -0.2) is 0 Å². The van der Waals surface area contributed by atoms with Crippen LogP contribution in [0.2, 0.25) is 0 Å². The van der Waals surface area contributed by atoms with Crippen LogP contribution in [0.25, 0.3) is 0 Å². The molecule has 1 N–H and O–H groups in total. The average Bonchev–Trinajstić information content (AvgIpc) is 3.15. The number of carbonyl (C=O) groups is 3.